The average molecular weight is 353 g/mol. The third-order valence-corrected chi connectivity index (χ3v) is 7.25. The lowest BCUT2D eigenvalue weighted by atomic mass is 10.3. The van der Waals surface area contributed by atoms with Crippen LogP contribution in [0.15, 0.2) is 20.1 Å². The molecule has 0 aromatic carbocycles. The smallest absolute Gasteiger partial charge is 0.251 e. The number of likely N-dealkylation sites (tertiary alicyclic amines) is 1. The van der Waals surface area contributed by atoms with Crippen molar-refractivity contribution in [3.05, 3.63) is 15.9 Å². The first-order valence-electron chi connectivity index (χ1n) is 5.97. The molecular weight excluding hydrogens is 336 g/mol. The Bertz CT molecular complexity index is 495. The molecule has 0 saturated carbocycles. The molecule has 1 aliphatic heterocycles. The molecule has 1 fully saturated rings. The Morgan fingerprint density at radius 2 is 2.17 bits per heavy atom. The van der Waals surface area contributed by atoms with Gasteiger partial charge in [-0.1, -0.05) is 0 Å². The first kappa shape index (κ1) is 14.5. The molecule has 1 saturated heterocycles. The van der Waals surface area contributed by atoms with E-state index in [-0.39, 0.29) is 6.04 Å². The van der Waals surface area contributed by atoms with Gasteiger partial charge in [-0.05, 0) is 60.2 Å². The van der Waals surface area contributed by atoms with E-state index in [1.165, 1.54) is 24.2 Å². The molecule has 0 bridgehead atoms. The molecule has 1 N–H and O–H groups in total. The molecule has 0 radical (unpaired) electrons. The summed E-state index contributed by atoms with van der Waals surface area (Å²) in [5, 5.41) is 1.77. The molecule has 18 heavy (non-hydrogen) atoms. The SMILES string of the molecule is CC(CNS(=O)(=O)c1sccc1Br)N1CCCC1. The van der Waals surface area contributed by atoms with E-state index in [1.807, 2.05) is 0 Å². The normalized spacial score (nSPS) is 19.2. The maximum absolute atomic E-state index is 12.1. The Morgan fingerprint density at radius 1 is 1.50 bits per heavy atom. The molecule has 102 valence electrons. The molecule has 4 nitrogen and oxygen atoms in total. The van der Waals surface area contributed by atoms with Gasteiger partial charge < -0.3 is 0 Å². The summed E-state index contributed by atoms with van der Waals surface area (Å²) in [5.74, 6) is 0. The molecule has 0 aliphatic carbocycles. The van der Waals surface area contributed by atoms with Gasteiger partial charge in [0.05, 0.1) is 0 Å². The van der Waals surface area contributed by atoms with Crippen molar-refractivity contribution in [2.75, 3.05) is 19.6 Å². The molecule has 0 amide bonds. The molecule has 7 heteroatoms. The molecule has 1 unspecified atom stereocenters. The summed E-state index contributed by atoms with van der Waals surface area (Å²) in [5.41, 5.74) is 0. The van der Waals surface area contributed by atoms with Crippen molar-refractivity contribution in [3.8, 4) is 0 Å². The molecule has 1 aliphatic rings. The minimum absolute atomic E-state index is 0.251. The fourth-order valence-corrected chi connectivity index (χ4v) is 5.58. The van der Waals surface area contributed by atoms with E-state index < -0.39 is 10.0 Å². The Kier molecular flexibility index (Phi) is 4.82. The second-order valence-electron chi connectivity index (χ2n) is 4.50. The van der Waals surface area contributed by atoms with Crippen LogP contribution in [0.4, 0.5) is 0 Å². The lowest BCUT2D eigenvalue weighted by molar-refractivity contribution is 0.260. The van der Waals surface area contributed by atoms with Gasteiger partial charge in [-0.2, -0.15) is 0 Å². The van der Waals surface area contributed by atoms with Crippen LogP contribution >= 0.6 is 27.3 Å². The predicted octanol–water partition coefficient (Wildman–Crippen LogP) is 2.27. The largest absolute Gasteiger partial charge is 0.299 e. The molecule has 0 spiro atoms. The van der Waals surface area contributed by atoms with E-state index in [4.69, 9.17) is 0 Å². The number of hydrogen-bond donors (Lipinski definition) is 1. The van der Waals surface area contributed by atoms with Gasteiger partial charge >= 0.3 is 0 Å². The van der Waals surface area contributed by atoms with Gasteiger partial charge in [0.15, 0.2) is 0 Å². The van der Waals surface area contributed by atoms with Crippen LogP contribution in [0.2, 0.25) is 0 Å². The number of thiophene rings is 1. The van der Waals surface area contributed by atoms with Crippen molar-refractivity contribution in [2.45, 2.75) is 30.0 Å². The molecular formula is C11H17BrN2O2S2. The summed E-state index contributed by atoms with van der Waals surface area (Å²) < 4.78 is 27.8. The number of nitrogens with zero attached hydrogens (tertiary/aromatic N) is 1. The first-order chi connectivity index (χ1) is 8.50. The highest BCUT2D eigenvalue weighted by Gasteiger charge is 2.23. The lowest BCUT2D eigenvalue weighted by Gasteiger charge is -2.23. The number of halogens is 1. The van der Waals surface area contributed by atoms with Crippen LogP contribution in [-0.4, -0.2) is 39.0 Å². The summed E-state index contributed by atoms with van der Waals surface area (Å²) in [6.45, 7) is 4.68. The topological polar surface area (TPSA) is 49.4 Å². The second-order valence-corrected chi connectivity index (χ2v) is 8.23. The van der Waals surface area contributed by atoms with E-state index >= 15 is 0 Å². The van der Waals surface area contributed by atoms with Crippen molar-refractivity contribution in [2.24, 2.45) is 0 Å². The number of nitrogens with one attached hydrogen (secondary N) is 1. The van der Waals surface area contributed by atoms with E-state index in [0.29, 0.717) is 15.2 Å². The number of sulfonamides is 1. The average Bonchev–Trinajstić information content (AvgIpc) is 2.96. The predicted molar refractivity (Wildman–Crippen MR) is 77.5 cm³/mol. The molecule has 2 rings (SSSR count). The second kappa shape index (κ2) is 6.00. The van der Waals surface area contributed by atoms with Gasteiger partial charge in [-0.15, -0.1) is 11.3 Å². The van der Waals surface area contributed by atoms with E-state index in [2.05, 4.69) is 32.5 Å². The highest BCUT2D eigenvalue weighted by molar-refractivity contribution is 9.10. The zero-order chi connectivity index (χ0) is 13.2. The van der Waals surface area contributed by atoms with Crippen LogP contribution in [0.25, 0.3) is 0 Å². The third kappa shape index (κ3) is 3.33. The summed E-state index contributed by atoms with van der Waals surface area (Å²) in [6, 6.07) is 2.00. The van der Waals surface area contributed by atoms with E-state index in [0.717, 1.165) is 13.1 Å². The van der Waals surface area contributed by atoms with Crippen LogP contribution in [0.3, 0.4) is 0 Å². The standard InChI is InChI=1S/C11H17BrN2O2S2/c1-9(14-5-2-3-6-14)8-13-18(15,16)11-10(12)4-7-17-11/h4,7,9,13H,2-3,5-6,8H2,1H3. The van der Waals surface area contributed by atoms with Crippen LogP contribution in [0, 0.1) is 0 Å². The third-order valence-electron chi connectivity index (χ3n) is 3.16. The Labute approximate surface area is 121 Å². The van der Waals surface area contributed by atoms with Gasteiger partial charge in [-0.25, -0.2) is 13.1 Å². The molecule has 1 aromatic heterocycles. The minimum Gasteiger partial charge on any atom is -0.299 e. The Morgan fingerprint density at radius 3 is 2.72 bits per heavy atom. The van der Waals surface area contributed by atoms with Gasteiger partial charge in [-0.3, -0.25) is 4.90 Å². The lowest BCUT2D eigenvalue weighted by Crippen LogP contribution is -2.40. The zero-order valence-corrected chi connectivity index (χ0v) is 13.4. The maximum atomic E-state index is 12.1. The van der Waals surface area contributed by atoms with Gasteiger partial charge in [0.2, 0.25) is 0 Å². The summed E-state index contributed by atoms with van der Waals surface area (Å²) in [6.07, 6.45) is 2.43. The van der Waals surface area contributed by atoms with E-state index in [1.54, 1.807) is 11.4 Å². The van der Waals surface area contributed by atoms with E-state index in [9.17, 15) is 8.42 Å². The first-order valence-corrected chi connectivity index (χ1v) is 9.13. The van der Waals surface area contributed by atoms with Crippen LogP contribution in [0.5, 0.6) is 0 Å². The highest BCUT2D eigenvalue weighted by Crippen LogP contribution is 2.27. The van der Waals surface area contributed by atoms with Crippen LogP contribution < -0.4 is 4.72 Å². The molecule has 1 atom stereocenters. The summed E-state index contributed by atoms with van der Waals surface area (Å²) in [7, 11) is -3.38. The van der Waals surface area contributed by atoms with Crippen LogP contribution in [-0.2, 0) is 10.0 Å². The van der Waals surface area contributed by atoms with Crippen molar-refractivity contribution < 1.29 is 8.42 Å². The maximum Gasteiger partial charge on any atom is 0.251 e. The van der Waals surface area contributed by atoms with Crippen LogP contribution in [0.1, 0.15) is 19.8 Å². The fraction of sp³-hybridized carbons (Fsp3) is 0.636. The monoisotopic (exact) mass is 352 g/mol. The van der Waals surface area contributed by atoms with Crippen molar-refractivity contribution in [1.82, 2.24) is 9.62 Å². The van der Waals surface area contributed by atoms with Crippen molar-refractivity contribution >= 4 is 37.3 Å². The highest BCUT2D eigenvalue weighted by atomic mass is 79.9. The summed E-state index contributed by atoms with van der Waals surface area (Å²) in [4.78, 5) is 2.33. The fourth-order valence-electron chi connectivity index (χ4n) is 2.08. The number of rotatable bonds is 5. The molecule has 2 heterocycles. The van der Waals surface area contributed by atoms with Gasteiger partial charge in [0.25, 0.3) is 10.0 Å². The Hall–Kier alpha value is 0.0500. The zero-order valence-electron chi connectivity index (χ0n) is 10.2. The summed E-state index contributed by atoms with van der Waals surface area (Å²) >= 11 is 4.49. The van der Waals surface area contributed by atoms with Crippen molar-refractivity contribution in [1.29, 1.82) is 0 Å². The number of hydrogen-bond acceptors (Lipinski definition) is 4. The minimum atomic E-state index is -3.38. The molecule has 1 aromatic rings. The van der Waals surface area contributed by atoms with Crippen molar-refractivity contribution in [3.63, 3.8) is 0 Å². The quantitative estimate of drug-likeness (QED) is 0.884. The van der Waals surface area contributed by atoms with Gasteiger partial charge in [0.1, 0.15) is 4.21 Å². The van der Waals surface area contributed by atoms with Gasteiger partial charge in [0, 0.05) is 17.1 Å². The Balaban J connectivity index is 1.95.